The van der Waals surface area contributed by atoms with Crippen molar-refractivity contribution in [2.45, 2.75) is 38.9 Å². The van der Waals surface area contributed by atoms with E-state index < -0.39 is 6.16 Å². The number of rotatable bonds is 0. The van der Waals surface area contributed by atoms with Crippen molar-refractivity contribution in [2.24, 2.45) is 0 Å². The van der Waals surface area contributed by atoms with Crippen molar-refractivity contribution >= 4 is 11.9 Å². The molecule has 4 heteroatoms. The summed E-state index contributed by atoms with van der Waals surface area (Å²) in [5, 5.41) is 0. The van der Waals surface area contributed by atoms with Gasteiger partial charge in [-0.15, -0.1) is 0 Å². The van der Waals surface area contributed by atoms with Crippen molar-refractivity contribution in [1.82, 2.24) is 0 Å². The Hall–Kier alpha value is -1.06. The second-order valence-corrected chi connectivity index (χ2v) is 3.05. The van der Waals surface area contributed by atoms with Crippen LogP contribution in [0.5, 0.6) is 0 Å². The largest absolute Gasteiger partial charge is 0.508 e. The Bertz CT molecular complexity index is 161. The van der Waals surface area contributed by atoms with Crippen LogP contribution in [0.3, 0.4) is 0 Å². The number of hydrogen-bond donors (Lipinski definition) is 0. The first-order valence-electron chi connectivity index (χ1n) is 3.97. The highest BCUT2D eigenvalue weighted by molar-refractivity contribution is 5.80. The zero-order valence-corrected chi connectivity index (χ0v) is 7.20. The molecule has 0 saturated carbocycles. The molecule has 0 bridgehead atoms. The molecule has 0 radical (unpaired) electrons. The van der Waals surface area contributed by atoms with Crippen LogP contribution < -0.4 is 0 Å². The second-order valence-electron chi connectivity index (χ2n) is 3.05. The van der Waals surface area contributed by atoms with E-state index in [-0.39, 0.29) is 18.0 Å². The van der Waals surface area contributed by atoms with E-state index in [1.807, 2.05) is 0 Å². The Morgan fingerprint density at radius 3 is 1.92 bits per heavy atom. The number of ether oxygens (including phenoxy) is 2. The van der Waals surface area contributed by atoms with Gasteiger partial charge in [-0.05, 0) is 13.8 Å². The summed E-state index contributed by atoms with van der Waals surface area (Å²) in [6.07, 6.45) is -0.823. The van der Waals surface area contributed by atoms with E-state index in [9.17, 15) is 9.59 Å². The first kappa shape index (κ1) is 9.03. The molecule has 12 heavy (non-hydrogen) atoms. The molecule has 0 aromatic heterocycles. The normalized spacial score (nSPS) is 31.5. The molecular formula is C8H12O4. The molecule has 1 rings (SSSR count). The Kier molecular flexibility index (Phi) is 2.68. The molecular weight excluding hydrogens is 160 g/mol. The lowest BCUT2D eigenvalue weighted by molar-refractivity contribution is -0.125. The molecule has 0 aliphatic carbocycles. The average molecular weight is 172 g/mol. The maximum atomic E-state index is 11.1. The topological polar surface area (TPSA) is 52.6 Å². The fourth-order valence-electron chi connectivity index (χ4n) is 1.16. The van der Waals surface area contributed by atoms with Gasteiger partial charge in [-0.1, -0.05) is 0 Å². The van der Waals surface area contributed by atoms with Crippen LogP contribution in [0.2, 0.25) is 0 Å². The van der Waals surface area contributed by atoms with Crippen LogP contribution in [0.1, 0.15) is 26.7 Å². The third-order valence-electron chi connectivity index (χ3n) is 1.63. The average Bonchev–Trinajstić information content (AvgIpc) is 1.81. The maximum absolute atomic E-state index is 11.1. The molecule has 0 amide bonds. The van der Waals surface area contributed by atoms with Crippen LogP contribution in [0.15, 0.2) is 0 Å². The van der Waals surface area contributed by atoms with Crippen molar-refractivity contribution in [3.8, 4) is 0 Å². The number of cyclic esters (lactones) is 2. The number of ketones is 1. The van der Waals surface area contributed by atoms with Crippen LogP contribution in [-0.4, -0.2) is 24.1 Å². The molecule has 1 aliphatic rings. The summed E-state index contributed by atoms with van der Waals surface area (Å²) in [5.41, 5.74) is 0. The van der Waals surface area contributed by atoms with E-state index in [0.717, 1.165) is 0 Å². The molecule has 2 unspecified atom stereocenters. The Labute approximate surface area is 70.8 Å². The third-order valence-corrected chi connectivity index (χ3v) is 1.63. The van der Waals surface area contributed by atoms with E-state index in [1.54, 1.807) is 13.8 Å². The summed E-state index contributed by atoms with van der Waals surface area (Å²) in [6.45, 7) is 3.35. The lowest BCUT2D eigenvalue weighted by atomic mass is 10.1. The highest BCUT2D eigenvalue weighted by Gasteiger charge is 2.22. The van der Waals surface area contributed by atoms with E-state index >= 15 is 0 Å². The Morgan fingerprint density at radius 2 is 1.50 bits per heavy atom. The SMILES string of the molecule is CC1CC(=O)CC(C)OC(=O)O1. The highest BCUT2D eigenvalue weighted by atomic mass is 16.7. The van der Waals surface area contributed by atoms with Crippen molar-refractivity contribution < 1.29 is 19.1 Å². The van der Waals surface area contributed by atoms with Crippen LogP contribution >= 0.6 is 0 Å². The third kappa shape index (κ3) is 2.53. The van der Waals surface area contributed by atoms with Gasteiger partial charge in [-0.2, -0.15) is 0 Å². The summed E-state index contributed by atoms with van der Waals surface area (Å²) >= 11 is 0. The zero-order valence-electron chi connectivity index (χ0n) is 7.20. The van der Waals surface area contributed by atoms with Gasteiger partial charge in [-0.3, -0.25) is 4.79 Å². The first-order chi connectivity index (χ1) is 5.58. The molecule has 2 atom stereocenters. The minimum absolute atomic E-state index is 0.0718. The van der Waals surface area contributed by atoms with Gasteiger partial charge in [-0.25, -0.2) is 4.79 Å². The summed E-state index contributed by atoms with van der Waals surface area (Å²) < 4.78 is 9.50. The summed E-state index contributed by atoms with van der Waals surface area (Å²) in [4.78, 5) is 21.9. The number of Topliss-reactive ketones (excluding diaryl/α,β-unsaturated/α-hetero) is 1. The smallest absolute Gasteiger partial charge is 0.431 e. The number of carbonyl (C=O) groups excluding carboxylic acids is 2. The van der Waals surface area contributed by atoms with Crippen molar-refractivity contribution in [2.75, 3.05) is 0 Å². The van der Waals surface area contributed by atoms with Gasteiger partial charge in [0.2, 0.25) is 0 Å². The summed E-state index contributed by atoms with van der Waals surface area (Å²) in [6, 6.07) is 0. The minimum atomic E-state index is -0.678. The van der Waals surface area contributed by atoms with Crippen molar-refractivity contribution in [3.63, 3.8) is 0 Å². The van der Waals surface area contributed by atoms with E-state index in [2.05, 4.69) is 0 Å². The van der Waals surface area contributed by atoms with Gasteiger partial charge in [0.25, 0.3) is 0 Å². The molecule has 0 spiro atoms. The number of carbonyl (C=O) groups is 2. The maximum Gasteiger partial charge on any atom is 0.508 e. The quantitative estimate of drug-likeness (QED) is 0.516. The van der Waals surface area contributed by atoms with E-state index in [1.165, 1.54) is 0 Å². The lowest BCUT2D eigenvalue weighted by Crippen LogP contribution is -2.28. The Balaban J connectivity index is 2.57. The van der Waals surface area contributed by atoms with Gasteiger partial charge < -0.3 is 9.47 Å². The first-order valence-corrected chi connectivity index (χ1v) is 3.97. The van der Waals surface area contributed by atoms with Crippen LogP contribution in [0, 0.1) is 0 Å². The van der Waals surface area contributed by atoms with Crippen molar-refractivity contribution in [1.29, 1.82) is 0 Å². The molecule has 1 fully saturated rings. The number of hydrogen-bond acceptors (Lipinski definition) is 4. The Morgan fingerprint density at radius 1 is 1.08 bits per heavy atom. The lowest BCUT2D eigenvalue weighted by Gasteiger charge is -2.19. The van der Waals surface area contributed by atoms with Gasteiger partial charge in [0.15, 0.2) is 0 Å². The fraction of sp³-hybridized carbons (Fsp3) is 0.750. The fourth-order valence-corrected chi connectivity index (χ4v) is 1.16. The molecule has 0 aromatic carbocycles. The van der Waals surface area contributed by atoms with Gasteiger partial charge >= 0.3 is 6.16 Å². The molecule has 4 nitrogen and oxygen atoms in total. The molecule has 1 aliphatic heterocycles. The van der Waals surface area contributed by atoms with E-state index in [4.69, 9.17) is 9.47 Å². The summed E-state index contributed by atoms with van der Waals surface area (Å²) in [7, 11) is 0. The van der Waals surface area contributed by atoms with Crippen LogP contribution in [-0.2, 0) is 14.3 Å². The van der Waals surface area contributed by atoms with Crippen molar-refractivity contribution in [3.05, 3.63) is 0 Å². The zero-order chi connectivity index (χ0) is 9.14. The van der Waals surface area contributed by atoms with Crippen LogP contribution in [0.4, 0.5) is 4.79 Å². The van der Waals surface area contributed by atoms with E-state index in [0.29, 0.717) is 12.8 Å². The molecule has 0 aromatic rings. The highest BCUT2D eigenvalue weighted by Crippen LogP contribution is 2.11. The van der Waals surface area contributed by atoms with Gasteiger partial charge in [0, 0.05) is 12.8 Å². The molecule has 0 N–H and O–H groups in total. The van der Waals surface area contributed by atoms with Crippen LogP contribution in [0.25, 0.3) is 0 Å². The molecule has 1 heterocycles. The summed E-state index contributed by atoms with van der Waals surface area (Å²) in [5.74, 6) is 0.0718. The predicted molar refractivity (Wildman–Crippen MR) is 40.7 cm³/mol. The van der Waals surface area contributed by atoms with Gasteiger partial charge in [0.05, 0.1) is 0 Å². The minimum Gasteiger partial charge on any atom is -0.431 e. The molecule has 1 saturated heterocycles. The monoisotopic (exact) mass is 172 g/mol. The predicted octanol–water partition coefficient (Wildman–Crippen LogP) is 1.28. The standard InChI is InChI=1S/C8H12O4/c1-5-3-7(9)4-6(2)12-8(10)11-5/h5-6H,3-4H2,1-2H3. The second kappa shape index (κ2) is 3.56. The molecule has 68 valence electrons. The van der Waals surface area contributed by atoms with Gasteiger partial charge in [0.1, 0.15) is 18.0 Å².